The molecule has 0 spiro atoms. The molecule has 53 heavy (non-hydrogen) atoms. The Morgan fingerprint density at radius 1 is 0.698 bits per heavy atom. The third-order valence-electron chi connectivity index (χ3n) is 10.3. The van der Waals surface area contributed by atoms with Crippen LogP contribution in [-0.4, -0.2) is 27.8 Å². The van der Waals surface area contributed by atoms with Gasteiger partial charge in [0.25, 0.3) is 0 Å². The number of halogens is 1. The van der Waals surface area contributed by atoms with Crippen molar-refractivity contribution < 1.29 is 8.81 Å². The number of fused-ring (bicyclic) bond motifs is 4. The molecule has 8 aromatic rings. The predicted octanol–water partition coefficient (Wildman–Crippen LogP) is 12.1. The Hall–Kier alpha value is -5.52. The molecule has 3 heterocycles. The molecule has 0 aliphatic heterocycles. The van der Waals surface area contributed by atoms with E-state index in [9.17, 15) is 5.26 Å². The summed E-state index contributed by atoms with van der Waals surface area (Å²) in [7, 11) is 0. The average molecular weight is 757 g/mol. The summed E-state index contributed by atoms with van der Waals surface area (Å²) in [4.78, 5) is 9.62. The van der Waals surface area contributed by atoms with E-state index in [1.165, 1.54) is 26.6 Å². The summed E-state index contributed by atoms with van der Waals surface area (Å²) in [6, 6.07) is 38.8. The Morgan fingerprint density at radius 2 is 1.38 bits per heavy atom. The number of imidazole rings is 1. The van der Waals surface area contributed by atoms with Crippen LogP contribution in [0.15, 0.2) is 114 Å². The van der Waals surface area contributed by atoms with Crippen LogP contribution in [-0.2, 0) is 0 Å². The summed E-state index contributed by atoms with van der Waals surface area (Å²) in [6.45, 7) is 9.01. The molecule has 0 atom stereocenters. The van der Waals surface area contributed by atoms with Gasteiger partial charge in [0.05, 0.1) is 5.69 Å². The summed E-state index contributed by atoms with van der Waals surface area (Å²) in [5.41, 5.74) is 10.2. The Labute approximate surface area is 312 Å². The first kappa shape index (κ1) is 34.6. The summed E-state index contributed by atoms with van der Waals surface area (Å²) in [5.74, 6) is 7.93. The number of furan rings is 1. The first-order valence-electron chi connectivity index (χ1n) is 18.2. The average Bonchev–Trinajstić information content (AvgIpc) is 3.73. The first-order valence-corrected chi connectivity index (χ1v) is 25.6. The number of rotatable bonds is 7. The number of hydrogen-bond donors (Lipinski definition) is 0. The molecule has 5 nitrogen and oxygen atoms in total. The maximum absolute atomic E-state index is 16.4. The minimum atomic E-state index is -1.96. The minimum absolute atomic E-state index is 0.146. The van der Waals surface area contributed by atoms with Gasteiger partial charge in [0.15, 0.2) is 11.4 Å². The van der Waals surface area contributed by atoms with Gasteiger partial charge in [-0.3, -0.25) is 0 Å². The van der Waals surface area contributed by atoms with Crippen molar-refractivity contribution in [2.24, 2.45) is 0 Å². The summed E-state index contributed by atoms with van der Waals surface area (Å²) >= 11 is -1.96. The van der Waals surface area contributed by atoms with E-state index in [0.717, 1.165) is 33.5 Å². The van der Waals surface area contributed by atoms with Gasteiger partial charge in [0, 0.05) is 16.3 Å². The van der Waals surface area contributed by atoms with Gasteiger partial charge in [-0.1, -0.05) is 24.3 Å². The van der Waals surface area contributed by atoms with Crippen LogP contribution in [0.2, 0.25) is 17.3 Å². The van der Waals surface area contributed by atoms with Gasteiger partial charge in [-0.15, -0.1) is 0 Å². The van der Waals surface area contributed by atoms with Crippen LogP contribution in [0.5, 0.6) is 0 Å². The van der Waals surface area contributed by atoms with E-state index in [-0.39, 0.29) is 28.7 Å². The van der Waals surface area contributed by atoms with Gasteiger partial charge in [0.2, 0.25) is 0 Å². The molecule has 8 rings (SSSR count). The van der Waals surface area contributed by atoms with Crippen molar-refractivity contribution in [2.75, 3.05) is 0 Å². The topological polar surface area (TPSA) is 67.6 Å². The number of nitrogens with zero attached hydrogens (tertiary/aromatic N) is 4. The molecule has 0 saturated carbocycles. The van der Waals surface area contributed by atoms with E-state index in [1.54, 1.807) is 24.3 Å². The second kappa shape index (κ2) is 13.2. The maximum atomic E-state index is 16.4. The van der Waals surface area contributed by atoms with E-state index in [2.05, 4.69) is 103 Å². The van der Waals surface area contributed by atoms with Crippen LogP contribution >= 0.6 is 0 Å². The quantitative estimate of drug-likeness (QED) is 0.152. The molecule has 0 radical (unpaired) electrons. The second-order valence-electron chi connectivity index (χ2n) is 15.5. The zero-order chi connectivity index (χ0) is 37.2. The van der Waals surface area contributed by atoms with Crippen LogP contribution in [0.1, 0.15) is 56.4 Å². The van der Waals surface area contributed by atoms with Crippen molar-refractivity contribution in [3.8, 4) is 45.5 Å². The summed E-state index contributed by atoms with van der Waals surface area (Å²) in [6.07, 6.45) is 0. The van der Waals surface area contributed by atoms with Crippen molar-refractivity contribution in [3.05, 3.63) is 132 Å². The number of nitriles is 1. The van der Waals surface area contributed by atoms with Crippen molar-refractivity contribution in [3.63, 3.8) is 0 Å². The fraction of sp³-hybridized carbons (Fsp3) is 0.196. The van der Waals surface area contributed by atoms with Crippen LogP contribution in [0.25, 0.3) is 72.4 Å². The Kier molecular flexibility index (Phi) is 8.58. The van der Waals surface area contributed by atoms with Crippen molar-refractivity contribution in [1.82, 2.24) is 14.5 Å². The standard InChI is InChI=1S/C46H41FGeN4O/c1-27(2)37-24-30(29-18-20-31(21-19-29)48(5,6)7)25-38(28(3)4)43(37)52-41-17-9-8-15-40(41)51-46(52)36-14-11-13-33-34-22-23-35(42(47)45(34)53-44(33)36)39-16-10-12-32(26-49)50-39/h8-25,27-28H,1-7H3. The molecule has 0 bridgehead atoms. The SMILES string of the molecule is CC(C)c1cc(-c2cc[c]([Ge]([CH3])([CH3])[CH3])cc2)cc(C(C)C)c1-n1c(-c2cccc3c2oc2c(F)c(-c4cccc(C#N)n4)ccc23)nc2ccccc21. The van der Waals surface area contributed by atoms with Crippen molar-refractivity contribution >= 4 is 50.6 Å². The van der Waals surface area contributed by atoms with Crippen LogP contribution in [0, 0.1) is 17.1 Å². The Bertz CT molecular complexity index is 2710. The molecule has 0 aliphatic rings. The number of para-hydroxylation sites is 3. The number of pyridine rings is 1. The Morgan fingerprint density at radius 3 is 2.06 bits per heavy atom. The van der Waals surface area contributed by atoms with Crippen molar-refractivity contribution in [1.29, 1.82) is 5.26 Å². The van der Waals surface area contributed by atoms with Crippen LogP contribution < -0.4 is 4.40 Å². The normalized spacial score (nSPS) is 12.1. The van der Waals surface area contributed by atoms with Gasteiger partial charge in [-0.05, 0) is 24.3 Å². The number of aromatic nitrogens is 3. The van der Waals surface area contributed by atoms with E-state index < -0.39 is 19.1 Å². The zero-order valence-electron chi connectivity index (χ0n) is 31.1. The molecule has 262 valence electrons. The van der Waals surface area contributed by atoms with Gasteiger partial charge < -0.3 is 4.42 Å². The van der Waals surface area contributed by atoms with E-state index in [4.69, 9.17) is 9.40 Å². The summed E-state index contributed by atoms with van der Waals surface area (Å²) < 4.78 is 26.7. The third-order valence-corrected chi connectivity index (χ3v) is 14.6. The zero-order valence-corrected chi connectivity index (χ0v) is 33.2. The monoisotopic (exact) mass is 758 g/mol. The van der Waals surface area contributed by atoms with Crippen molar-refractivity contribution in [2.45, 2.75) is 56.8 Å². The van der Waals surface area contributed by atoms with E-state index >= 15 is 4.39 Å². The molecular formula is C46H41FGeN4O. The van der Waals surface area contributed by atoms with Crippen LogP contribution in [0.3, 0.4) is 0 Å². The van der Waals surface area contributed by atoms with Gasteiger partial charge >= 0.3 is 201 Å². The van der Waals surface area contributed by atoms with Gasteiger partial charge in [-0.25, -0.2) is 9.37 Å². The molecule has 3 aromatic heterocycles. The number of benzene rings is 5. The van der Waals surface area contributed by atoms with E-state index in [1.807, 2.05) is 42.5 Å². The molecular weight excluding hydrogens is 716 g/mol. The molecule has 0 fully saturated rings. The molecule has 0 N–H and O–H groups in total. The van der Waals surface area contributed by atoms with Gasteiger partial charge in [-0.2, -0.15) is 5.26 Å². The van der Waals surface area contributed by atoms with Crippen LogP contribution in [0.4, 0.5) is 4.39 Å². The molecule has 0 aliphatic carbocycles. The van der Waals surface area contributed by atoms with E-state index in [0.29, 0.717) is 16.7 Å². The molecule has 0 saturated heterocycles. The molecule has 7 heteroatoms. The summed E-state index contributed by atoms with van der Waals surface area (Å²) in [5, 5.41) is 10.9. The Balaban J connectivity index is 1.38. The van der Waals surface area contributed by atoms with Gasteiger partial charge in [0.1, 0.15) is 11.8 Å². The molecule has 0 unspecified atom stereocenters. The second-order valence-corrected chi connectivity index (χ2v) is 26.2. The fourth-order valence-corrected chi connectivity index (χ4v) is 9.88. The number of hydrogen-bond acceptors (Lipinski definition) is 4. The first-order chi connectivity index (χ1) is 25.4. The molecule has 5 aromatic carbocycles. The third kappa shape index (κ3) is 5.94. The predicted molar refractivity (Wildman–Crippen MR) is 218 cm³/mol. The molecule has 0 amide bonds. The fourth-order valence-electron chi connectivity index (χ4n) is 7.43.